The molecule has 5 rings (SSSR count). The van der Waals surface area contributed by atoms with E-state index in [4.69, 9.17) is 16.2 Å². The first-order chi connectivity index (χ1) is 16.6. The lowest BCUT2D eigenvalue weighted by atomic mass is 10.0. The maximum atomic E-state index is 12.8. The van der Waals surface area contributed by atoms with Crippen LogP contribution in [0.1, 0.15) is 28.1 Å². The molecule has 0 radical (unpaired) electrons. The minimum atomic E-state index is -0.175. The number of benzene rings is 2. The molecular formula is C25H30N6O2S. The van der Waals surface area contributed by atoms with Crippen LogP contribution in [0.3, 0.4) is 0 Å². The highest BCUT2D eigenvalue weighted by atomic mass is 32.1. The second-order valence-corrected chi connectivity index (χ2v) is 9.73. The van der Waals surface area contributed by atoms with Crippen LogP contribution in [0.25, 0.3) is 0 Å². The van der Waals surface area contributed by atoms with E-state index in [0.29, 0.717) is 27.3 Å². The number of nitrogen functional groups attached to an aromatic ring is 2. The quantitative estimate of drug-likeness (QED) is 0.364. The number of anilines is 5. The number of rotatable bonds is 6. The monoisotopic (exact) mass is 478 g/mol. The first-order valence-electron chi connectivity index (χ1n) is 11.7. The lowest BCUT2D eigenvalue weighted by Gasteiger charge is -2.40. The lowest BCUT2D eigenvalue weighted by Crippen LogP contribution is -2.49. The van der Waals surface area contributed by atoms with Crippen molar-refractivity contribution in [2.75, 3.05) is 61.1 Å². The summed E-state index contributed by atoms with van der Waals surface area (Å²) in [6, 6.07) is 15.9. The normalized spacial score (nSPS) is 17.6. The van der Waals surface area contributed by atoms with Crippen LogP contribution in [0, 0.1) is 0 Å². The molecule has 0 atom stereocenters. The topological polar surface area (TPSA) is 110 Å². The fourth-order valence-electron chi connectivity index (χ4n) is 4.67. The summed E-state index contributed by atoms with van der Waals surface area (Å²) in [6.07, 6.45) is 2.37. The molecule has 0 saturated carbocycles. The number of hydrogen-bond acceptors (Lipinski definition) is 9. The minimum absolute atomic E-state index is 0.175. The summed E-state index contributed by atoms with van der Waals surface area (Å²) in [7, 11) is 0. The Morgan fingerprint density at radius 2 is 1.76 bits per heavy atom. The van der Waals surface area contributed by atoms with Crippen molar-refractivity contribution in [3.63, 3.8) is 0 Å². The summed E-state index contributed by atoms with van der Waals surface area (Å²) in [4.78, 5) is 22.6. The minimum Gasteiger partial charge on any atom is -0.399 e. The number of carbonyl (C=O) groups is 1. The highest BCUT2D eigenvalue weighted by Crippen LogP contribution is 2.31. The van der Waals surface area contributed by atoms with Gasteiger partial charge in [0.05, 0.1) is 13.2 Å². The number of nitrogens with one attached hydrogen (secondary N) is 1. The molecule has 0 spiro atoms. The molecule has 0 amide bonds. The number of carbonyl (C=O) groups excluding carboxylic acids is 1. The molecule has 2 aliphatic heterocycles. The Hall–Kier alpha value is -3.14. The summed E-state index contributed by atoms with van der Waals surface area (Å²) in [5.74, 6) is 0.0471. The third-order valence-electron chi connectivity index (χ3n) is 6.52. The van der Waals surface area contributed by atoms with Gasteiger partial charge in [0.1, 0.15) is 10.7 Å². The van der Waals surface area contributed by atoms with Crippen LogP contribution in [-0.2, 0) is 4.74 Å². The van der Waals surface area contributed by atoms with Crippen LogP contribution in [0.4, 0.5) is 28.0 Å². The average molecular weight is 479 g/mol. The fraction of sp³-hybridized carbons (Fsp3) is 0.360. The van der Waals surface area contributed by atoms with Gasteiger partial charge in [-0.05, 0) is 49.2 Å². The number of ether oxygens (including phenoxy) is 1. The second kappa shape index (κ2) is 10.0. The standard InChI is InChI=1S/C25H30N6O2S/c26-18-3-1-2-17(16-18)22(32)23-24(27)29-25(34-23)28-19-4-6-20(7-5-19)30-10-8-21(9-11-30)31-12-14-33-15-13-31/h1-7,16,21H,8-15,26-27H2,(H,28,29). The fourth-order valence-corrected chi connectivity index (χ4v) is 5.54. The maximum absolute atomic E-state index is 12.8. The van der Waals surface area contributed by atoms with Crippen molar-refractivity contribution in [1.29, 1.82) is 0 Å². The number of morpholine rings is 1. The molecule has 9 heteroatoms. The van der Waals surface area contributed by atoms with E-state index in [-0.39, 0.29) is 11.6 Å². The summed E-state index contributed by atoms with van der Waals surface area (Å²) in [6.45, 7) is 5.95. The predicted molar refractivity (Wildman–Crippen MR) is 138 cm³/mol. The van der Waals surface area contributed by atoms with Gasteiger partial charge in [0.15, 0.2) is 5.13 Å². The van der Waals surface area contributed by atoms with Crippen LogP contribution >= 0.6 is 11.3 Å². The molecule has 5 N–H and O–H groups in total. The molecule has 1 aromatic heterocycles. The van der Waals surface area contributed by atoms with Gasteiger partial charge in [-0.1, -0.05) is 23.5 Å². The van der Waals surface area contributed by atoms with Gasteiger partial charge in [0.2, 0.25) is 5.78 Å². The van der Waals surface area contributed by atoms with Gasteiger partial charge in [-0.3, -0.25) is 9.69 Å². The van der Waals surface area contributed by atoms with Crippen molar-refractivity contribution < 1.29 is 9.53 Å². The number of nitrogens with zero attached hydrogens (tertiary/aromatic N) is 3. The van der Waals surface area contributed by atoms with E-state index in [1.165, 1.54) is 29.9 Å². The van der Waals surface area contributed by atoms with E-state index in [9.17, 15) is 4.79 Å². The molecule has 0 bridgehead atoms. The zero-order chi connectivity index (χ0) is 23.5. The predicted octanol–water partition coefficient (Wildman–Crippen LogP) is 3.58. The van der Waals surface area contributed by atoms with Gasteiger partial charge in [-0.15, -0.1) is 0 Å². The van der Waals surface area contributed by atoms with E-state index < -0.39 is 0 Å². The Morgan fingerprint density at radius 1 is 1.03 bits per heavy atom. The molecule has 2 aliphatic rings. The molecule has 2 aromatic carbocycles. The van der Waals surface area contributed by atoms with Crippen LogP contribution in [0.15, 0.2) is 48.5 Å². The van der Waals surface area contributed by atoms with E-state index in [1.807, 2.05) is 12.1 Å². The molecular weight excluding hydrogens is 448 g/mol. The first kappa shape index (κ1) is 22.6. The Morgan fingerprint density at radius 3 is 2.47 bits per heavy atom. The van der Waals surface area contributed by atoms with E-state index in [0.717, 1.165) is 45.1 Å². The van der Waals surface area contributed by atoms with Crippen LogP contribution in [0.5, 0.6) is 0 Å². The van der Waals surface area contributed by atoms with Gasteiger partial charge in [-0.2, -0.15) is 0 Å². The molecule has 8 nitrogen and oxygen atoms in total. The van der Waals surface area contributed by atoms with Crippen molar-refractivity contribution >= 4 is 45.1 Å². The molecule has 34 heavy (non-hydrogen) atoms. The molecule has 2 fully saturated rings. The van der Waals surface area contributed by atoms with Gasteiger partial charge < -0.3 is 26.4 Å². The van der Waals surface area contributed by atoms with Crippen LogP contribution in [-0.4, -0.2) is 61.1 Å². The number of nitrogens with two attached hydrogens (primary N) is 2. The van der Waals surface area contributed by atoms with E-state index >= 15 is 0 Å². The van der Waals surface area contributed by atoms with Gasteiger partial charge in [0, 0.05) is 54.8 Å². The largest absolute Gasteiger partial charge is 0.399 e. The third-order valence-corrected chi connectivity index (χ3v) is 7.50. The molecule has 0 unspecified atom stereocenters. The third kappa shape index (κ3) is 5.01. The Balaban J connectivity index is 1.20. The summed E-state index contributed by atoms with van der Waals surface area (Å²) in [5, 5.41) is 3.86. The van der Waals surface area contributed by atoms with Crippen LogP contribution in [0.2, 0.25) is 0 Å². The van der Waals surface area contributed by atoms with E-state index in [2.05, 4.69) is 32.2 Å². The number of aromatic nitrogens is 1. The zero-order valence-corrected chi connectivity index (χ0v) is 19.9. The van der Waals surface area contributed by atoms with Crippen molar-refractivity contribution in [3.8, 4) is 0 Å². The van der Waals surface area contributed by atoms with E-state index in [1.54, 1.807) is 24.3 Å². The number of ketones is 1. The van der Waals surface area contributed by atoms with Crippen LogP contribution < -0.4 is 21.7 Å². The lowest BCUT2D eigenvalue weighted by molar-refractivity contribution is 0.0115. The number of thiazole rings is 1. The van der Waals surface area contributed by atoms with Crippen molar-refractivity contribution in [3.05, 3.63) is 59.0 Å². The molecule has 3 heterocycles. The Labute approximate surface area is 203 Å². The Kier molecular flexibility index (Phi) is 6.66. The van der Waals surface area contributed by atoms with Gasteiger partial charge in [0.25, 0.3) is 0 Å². The smallest absolute Gasteiger partial charge is 0.206 e. The highest BCUT2D eigenvalue weighted by molar-refractivity contribution is 7.18. The van der Waals surface area contributed by atoms with Crippen molar-refractivity contribution in [2.45, 2.75) is 18.9 Å². The molecule has 178 valence electrons. The summed E-state index contributed by atoms with van der Waals surface area (Å²) >= 11 is 1.25. The molecule has 3 aromatic rings. The summed E-state index contributed by atoms with van der Waals surface area (Å²) in [5.41, 5.74) is 15.0. The van der Waals surface area contributed by atoms with Gasteiger partial charge in [-0.25, -0.2) is 4.98 Å². The van der Waals surface area contributed by atoms with Crippen molar-refractivity contribution in [2.24, 2.45) is 0 Å². The molecule has 2 saturated heterocycles. The second-order valence-electron chi connectivity index (χ2n) is 8.73. The summed E-state index contributed by atoms with van der Waals surface area (Å²) < 4.78 is 5.49. The van der Waals surface area contributed by atoms with Gasteiger partial charge >= 0.3 is 0 Å². The number of piperidine rings is 1. The number of hydrogen-bond donors (Lipinski definition) is 3. The SMILES string of the molecule is Nc1cccc(C(=O)c2sc(Nc3ccc(N4CCC(N5CCOCC5)CC4)cc3)nc2N)c1. The highest BCUT2D eigenvalue weighted by Gasteiger charge is 2.26. The first-order valence-corrected chi connectivity index (χ1v) is 12.5. The van der Waals surface area contributed by atoms with Crippen molar-refractivity contribution in [1.82, 2.24) is 9.88 Å². The zero-order valence-electron chi connectivity index (χ0n) is 19.1. The Bertz CT molecular complexity index is 1130. The maximum Gasteiger partial charge on any atom is 0.206 e. The molecule has 0 aliphatic carbocycles. The average Bonchev–Trinajstić information content (AvgIpc) is 3.24.